The molecule has 2 aliphatic rings. The molecule has 0 heterocycles. The van der Waals surface area contributed by atoms with Crippen molar-refractivity contribution >= 4 is 0 Å². The Kier molecular flexibility index (Phi) is 2.54. The van der Waals surface area contributed by atoms with Gasteiger partial charge in [0, 0.05) is 5.92 Å². The van der Waals surface area contributed by atoms with Gasteiger partial charge in [0.05, 0.1) is 12.6 Å². The second kappa shape index (κ2) is 3.59. The van der Waals surface area contributed by atoms with Crippen molar-refractivity contribution in [3.8, 4) is 6.07 Å². The van der Waals surface area contributed by atoms with Crippen molar-refractivity contribution < 1.29 is 0 Å². The molecule has 0 aromatic rings. The second-order valence-corrected chi connectivity index (χ2v) is 5.77. The molecule has 2 aliphatic carbocycles. The van der Waals surface area contributed by atoms with Crippen LogP contribution in [0, 0.1) is 45.3 Å². The Bertz CT molecular complexity index is 305. The minimum Gasteiger partial charge on any atom is -0.198 e. The molecule has 0 aliphatic heterocycles. The van der Waals surface area contributed by atoms with Crippen molar-refractivity contribution in [1.29, 1.82) is 5.26 Å². The number of nitriles is 1. The Hall–Kier alpha value is -0.910. The van der Waals surface area contributed by atoms with Gasteiger partial charge in [-0.15, -0.1) is 0 Å². The topological polar surface area (TPSA) is 53.2 Å². The number of fused-ring (bicyclic) bond motifs is 1. The number of hydrogen-bond donors (Lipinski definition) is 0. The maximum atomic E-state index is 10.4. The van der Waals surface area contributed by atoms with Crippen LogP contribution in [0.4, 0.5) is 0 Å². The first-order valence-electron chi connectivity index (χ1n) is 5.79. The van der Waals surface area contributed by atoms with E-state index in [-0.39, 0.29) is 11.3 Å². The van der Waals surface area contributed by atoms with E-state index in [1.807, 2.05) is 0 Å². The molecule has 0 saturated heterocycles. The van der Waals surface area contributed by atoms with E-state index < -0.39 is 0 Å². The lowest BCUT2D eigenvalue weighted by Gasteiger charge is -2.30. The van der Waals surface area contributed by atoms with E-state index in [9.17, 15) is 4.91 Å². The molecule has 0 spiro atoms. The Morgan fingerprint density at radius 2 is 2.20 bits per heavy atom. The van der Waals surface area contributed by atoms with E-state index in [4.69, 9.17) is 5.26 Å². The maximum absolute atomic E-state index is 10.4. The average Bonchev–Trinajstić information content (AvgIpc) is 2.68. The van der Waals surface area contributed by atoms with Gasteiger partial charge < -0.3 is 0 Å². The molecule has 2 fully saturated rings. The van der Waals surface area contributed by atoms with Gasteiger partial charge in [-0.2, -0.15) is 10.2 Å². The average molecular weight is 206 g/mol. The highest BCUT2D eigenvalue weighted by Gasteiger charge is 2.54. The summed E-state index contributed by atoms with van der Waals surface area (Å²) in [6.07, 6.45) is 3.20. The minimum atomic E-state index is 0.210. The molecule has 2 rings (SSSR count). The van der Waals surface area contributed by atoms with Gasteiger partial charge in [-0.3, -0.25) is 0 Å². The summed E-state index contributed by atoms with van der Waals surface area (Å²) >= 11 is 0. The van der Waals surface area contributed by atoms with Crippen LogP contribution >= 0.6 is 0 Å². The molecule has 0 N–H and O–H groups in total. The summed E-state index contributed by atoms with van der Waals surface area (Å²) in [5, 5.41) is 12.2. The summed E-state index contributed by atoms with van der Waals surface area (Å²) in [6, 6.07) is 2.44. The summed E-state index contributed by atoms with van der Waals surface area (Å²) in [6.45, 7) is 4.93. The highest BCUT2D eigenvalue weighted by molar-refractivity contribution is 5.08. The van der Waals surface area contributed by atoms with Crippen molar-refractivity contribution in [3.05, 3.63) is 4.91 Å². The molecular weight excluding hydrogens is 188 g/mol. The molecule has 4 unspecified atom stereocenters. The van der Waals surface area contributed by atoms with Crippen LogP contribution < -0.4 is 0 Å². The van der Waals surface area contributed by atoms with E-state index in [1.54, 1.807) is 0 Å². The van der Waals surface area contributed by atoms with Gasteiger partial charge >= 0.3 is 0 Å². The molecule has 2 saturated carbocycles. The molecule has 0 radical (unpaired) electrons. The number of hydrogen-bond acceptors (Lipinski definition) is 3. The van der Waals surface area contributed by atoms with Crippen LogP contribution in [-0.2, 0) is 0 Å². The third-order valence-corrected chi connectivity index (χ3v) is 4.48. The molecule has 3 heteroatoms. The van der Waals surface area contributed by atoms with Gasteiger partial charge in [-0.05, 0) is 42.4 Å². The van der Waals surface area contributed by atoms with Crippen molar-refractivity contribution in [1.82, 2.24) is 0 Å². The normalized spacial score (nSPS) is 42.2. The maximum Gasteiger partial charge on any atom is 0.0842 e. The summed E-state index contributed by atoms with van der Waals surface area (Å²) < 4.78 is 0. The predicted molar refractivity (Wildman–Crippen MR) is 57.9 cm³/mol. The van der Waals surface area contributed by atoms with E-state index in [0.29, 0.717) is 24.3 Å². The highest BCUT2D eigenvalue weighted by Crippen LogP contribution is 2.59. The van der Waals surface area contributed by atoms with Gasteiger partial charge in [0.25, 0.3) is 0 Å². The van der Waals surface area contributed by atoms with E-state index >= 15 is 0 Å². The van der Waals surface area contributed by atoms with Crippen molar-refractivity contribution in [3.63, 3.8) is 0 Å². The molecular formula is C12H18N2O. The molecule has 3 nitrogen and oxygen atoms in total. The Morgan fingerprint density at radius 1 is 1.47 bits per heavy atom. The Labute approximate surface area is 90.8 Å². The summed E-state index contributed by atoms with van der Waals surface area (Å²) in [7, 11) is 0. The monoisotopic (exact) mass is 206 g/mol. The van der Waals surface area contributed by atoms with Crippen LogP contribution in [0.1, 0.15) is 33.1 Å². The summed E-state index contributed by atoms with van der Waals surface area (Å²) in [5.74, 6) is 1.71. The lowest BCUT2D eigenvalue weighted by molar-refractivity contribution is 0.185. The van der Waals surface area contributed by atoms with Crippen LogP contribution in [0.15, 0.2) is 5.18 Å². The standard InChI is InChI=1S/C12H18N2O/c1-12(2)5-9(6-13)10-4-3-8(7-14-15)11(10)12/h8-11H,3-5,7H2,1-2H3. The summed E-state index contributed by atoms with van der Waals surface area (Å²) in [4.78, 5) is 10.4. The molecule has 0 aromatic heterocycles. The van der Waals surface area contributed by atoms with E-state index in [1.165, 1.54) is 0 Å². The van der Waals surface area contributed by atoms with E-state index in [0.717, 1.165) is 19.3 Å². The van der Waals surface area contributed by atoms with Crippen molar-refractivity contribution in [2.75, 3.05) is 6.54 Å². The fourth-order valence-electron chi connectivity index (χ4n) is 4.08. The highest BCUT2D eigenvalue weighted by atomic mass is 16.3. The minimum absolute atomic E-state index is 0.210. The van der Waals surface area contributed by atoms with Crippen molar-refractivity contribution in [2.24, 2.45) is 34.3 Å². The zero-order chi connectivity index (χ0) is 11.1. The van der Waals surface area contributed by atoms with Crippen LogP contribution in [0.25, 0.3) is 0 Å². The molecule has 82 valence electrons. The zero-order valence-corrected chi connectivity index (χ0v) is 9.44. The molecule has 0 aromatic carbocycles. The molecule has 0 bridgehead atoms. The lowest BCUT2D eigenvalue weighted by atomic mass is 9.75. The number of rotatable bonds is 2. The SMILES string of the molecule is CC1(C)CC(C#N)C2CCC(CN=O)C21. The van der Waals surface area contributed by atoms with Gasteiger partial charge in [-0.25, -0.2) is 0 Å². The lowest BCUT2D eigenvalue weighted by Crippen LogP contribution is -2.26. The smallest absolute Gasteiger partial charge is 0.0842 e. The quantitative estimate of drug-likeness (QED) is 0.652. The molecule has 0 amide bonds. The molecule has 15 heavy (non-hydrogen) atoms. The zero-order valence-electron chi connectivity index (χ0n) is 9.44. The Balaban J connectivity index is 2.22. The van der Waals surface area contributed by atoms with Gasteiger partial charge in [0.1, 0.15) is 0 Å². The largest absolute Gasteiger partial charge is 0.198 e. The first-order valence-corrected chi connectivity index (χ1v) is 5.79. The van der Waals surface area contributed by atoms with Crippen molar-refractivity contribution in [2.45, 2.75) is 33.1 Å². The number of nitroso groups, excluding NO2 is 1. The Morgan fingerprint density at radius 3 is 2.80 bits per heavy atom. The first-order chi connectivity index (χ1) is 7.10. The van der Waals surface area contributed by atoms with E-state index in [2.05, 4.69) is 25.1 Å². The predicted octanol–water partition coefficient (Wildman–Crippen LogP) is 2.96. The fraction of sp³-hybridized carbons (Fsp3) is 0.917. The van der Waals surface area contributed by atoms with Crippen LogP contribution in [0.2, 0.25) is 0 Å². The van der Waals surface area contributed by atoms with Gasteiger partial charge in [0.2, 0.25) is 0 Å². The van der Waals surface area contributed by atoms with Crippen LogP contribution in [0.3, 0.4) is 0 Å². The number of nitrogens with zero attached hydrogens (tertiary/aromatic N) is 2. The fourth-order valence-corrected chi connectivity index (χ4v) is 4.08. The van der Waals surface area contributed by atoms with Gasteiger partial charge in [0.15, 0.2) is 0 Å². The third-order valence-electron chi connectivity index (χ3n) is 4.48. The van der Waals surface area contributed by atoms with Crippen LogP contribution in [0.5, 0.6) is 0 Å². The molecule has 4 atom stereocenters. The van der Waals surface area contributed by atoms with Gasteiger partial charge in [-0.1, -0.05) is 19.0 Å². The summed E-state index contributed by atoms with van der Waals surface area (Å²) in [5.41, 5.74) is 0.219. The third kappa shape index (κ3) is 1.56. The van der Waals surface area contributed by atoms with Crippen LogP contribution in [-0.4, -0.2) is 6.54 Å². The second-order valence-electron chi connectivity index (χ2n) is 5.77. The first kappa shape index (κ1) is 10.6.